The average molecular weight is 700 g/mol. The van der Waals surface area contributed by atoms with Gasteiger partial charge in [0, 0.05) is 38.9 Å². The largest absolute Gasteiger partial charge is 0.397 e. The van der Waals surface area contributed by atoms with E-state index in [2.05, 4.69) is 16.5 Å². The van der Waals surface area contributed by atoms with Gasteiger partial charge in [-0.2, -0.15) is 4.98 Å². The number of carbonyl (C=O) groups is 1. The molecule has 1 saturated heterocycles. The maximum absolute atomic E-state index is 15.9. The minimum Gasteiger partial charge on any atom is -0.397 e. The molecule has 1 aromatic carbocycles. The fourth-order valence-corrected chi connectivity index (χ4v) is 7.63. The van der Waals surface area contributed by atoms with Crippen molar-refractivity contribution in [2.45, 2.75) is 52.1 Å². The monoisotopic (exact) mass is 698 g/mol. The highest BCUT2D eigenvalue weighted by molar-refractivity contribution is 6.40. The molecule has 0 spiro atoms. The predicted molar refractivity (Wildman–Crippen MR) is 187 cm³/mol. The van der Waals surface area contributed by atoms with Crippen molar-refractivity contribution in [3.63, 3.8) is 0 Å². The van der Waals surface area contributed by atoms with Crippen LogP contribution in [0.25, 0.3) is 28.0 Å². The zero-order valence-electron chi connectivity index (χ0n) is 26.6. The molecule has 2 aliphatic heterocycles. The molecule has 0 bridgehead atoms. The molecule has 6 rings (SSSR count). The van der Waals surface area contributed by atoms with Crippen molar-refractivity contribution in [2.75, 3.05) is 42.2 Å². The van der Waals surface area contributed by atoms with E-state index in [1.165, 1.54) is 16.7 Å². The van der Waals surface area contributed by atoms with Crippen molar-refractivity contribution in [3.05, 3.63) is 73.6 Å². The Bertz CT molecular complexity index is 2010. The smallest absolute Gasteiger partial charge is 0.355 e. The van der Waals surface area contributed by atoms with Gasteiger partial charge in [-0.3, -0.25) is 9.78 Å². The number of carbonyl (C=O) groups excluding carboxylic acids is 1. The van der Waals surface area contributed by atoms with E-state index in [1.54, 1.807) is 11.1 Å². The SMILES string of the molecule is C=CC(=O)N1CC(C)N2c3nc(=O)n(-c4c(C)ccnc4C(C)C)c4nc(-c5c(N)c(Cl)cc(Cl)c5F)c(Cl)c(c34)N(C)CCC2C1. The number of nitrogens with two attached hydrogens (primary N) is 1. The number of nitrogen functional groups attached to an aromatic ring is 1. The second-order valence-corrected chi connectivity index (χ2v) is 13.6. The highest BCUT2D eigenvalue weighted by Gasteiger charge is 2.39. The van der Waals surface area contributed by atoms with Crippen LogP contribution in [0, 0.1) is 12.7 Å². The van der Waals surface area contributed by atoms with Crippen LogP contribution in [0.1, 0.15) is 44.4 Å². The van der Waals surface area contributed by atoms with Gasteiger partial charge in [0.25, 0.3) is 0 Å². The van der Waals surface area contributed by atoms with E-state index < -0.39 is 11.5 Å². The van der Waals surface area contributed by atoms with Crippen LogP contribution in [0.3, 0.4) is 0 Å². The van der Waals surface area contributed by atoms with E-state index in [1.807, 2.05) is 45.7 Å². The van der Waals surface area contributed by atoms with Crippen LogP contribution in [0.2, 0.25) is 15.1 Å². The summed E-state index contributed by atoms with van der Waals surface area (Å²) in [7, 11) is 1.86. The highest BCUT2D eigenvalue weighted by atomic mass is 35.5. The van der Waals surface area contributed by atoms with Crippen LogP contribution in [-0.4, -0.2) is 69.1 Å². The number of nitrogens with zero attached hydrogens (tertiary/aromatic N) is 7. The quantitative estimate of drug-likeness (QED) is 0.148. The molecule has 2 unspecified atom stereocenters. The molecular formula is C33H34Cl3FN8O2. The van der Waals surface area contributed by atoms with E-state index in [9.17, 15) is 9.59 Å². The topological polar surface area (TPSA) is 113 Å². The molecule has 4 aromatic rings. The molecule has 5 heterocycles. The van der Waals surface area contributed by atoms with Gasteiger partial charge in [-0.05, 0) is 50.0 Å². The summed E-state index contributed by atoms with van der Waals surface area (Å²) in [6, 6.07) is 2.61. The molecule has 2 atom stereocenters. The Balaban J connectivity index is 1.79. The second-order valence-electron chi connectivity index (χ2n) is 12.4. The maximum Gasteiger partial charge on any atom is 0.355 e. The summed E-state index contributed by atoms with van der Waals surface area (Å²) >= 11 is 19.9. The zero-order valence-corrected chi connectivity index (χ0v) is 28.9. The van der Waals surface area contributed by atoms with E-state index >= 15 is 4.39 Å². The summed E-state index contributed by atoms with van der Waals surface area (Å²) in [6.07, 6.45) is 3.60. The molecular weight excluding hydrogens is 666 g/mol. The summed E-state index contributed by atoms with van der Waals surface area (Å²) < 4.78 is 17.3. The number of hydrogen-bond donors (Lipinski definition) is 1. The Kier molecular flexibility index (Phi) is 8.61. The molecule has 14 heteroatoms. The van der Waals surface area contributed by atoms with Gasteiger partial charge in [-0.25, -0.2) is 18.7 Å². The first-order valence-electron chi connectivity index (χ1n) is 15.2. The van der Waals surface area contributed by atoms with Crippen molar-refractivity contribution >= 4 is 68.9 Å². The zero-order chi connectivity index (χ0) is 34.1. The first-order valence-corrected chi connectivity index (χ1v) is 16.4. The van der Waals surface area contributed by atoms with Gasteiger partial charge in [0.15, 0.2) is 11.5 Å². The highest BCUT2D eigenvalue weighted by Crippen LogP contribution is 2.48. The molecule has 3 aromatic heterocycles. The van der Waals surface area contributed by atoms with Crippen molar-refractivity contribution in [2.24, 2.45) is 0 Å². The number of anilines is 3. The lowest BCUT2D eigenvalue weighted by atomic mass is 9.99. The van der Waals surface area contributed by atoms with Gasteiger partial charge in [-0.1, -0.05) is 55.2 Å². The molecule has 0 aliphatic carbocycles. The third-order valence-electron chi connectivity index (χ3n) is 8.99. The fraction of sp³-hybridized carbons (Fsp3) is 0.364. The molecule has 47 heavy (non-hydrogen) atoms. The van der Waals surface area contributed by atoms with Crippen LogP contribution in [0.5, 0.6) is 0 Å². The number of halogens is 4. The summed E-state index contributed by atoms with van der Waals surface area (Å²) in [5, 5.41) is 0.360. The van der Waals surface area contributed by atoms with Gasteiger partial charge in [0.1, 0.15) is 5.82 Å². The van der Waals surface area contributed by atoms with Gasteiger partial charge in [-0.15, -0.1) is 0 Å². The molecule has 246 valence electrons. The van der Waals surface area contributed by atoms with Crippen molar-refractivity contribution in [1.29, 1.82) is 0 Å². The molecule has 0 saturated carbocycles. The van der Waals surface area contributed by atoms with Gasteiger partial charge >= 0.3 is 5.69 Å². The Labute approximate surface area is 286 Å². The van der Waals surface area contributed by atoms with E-state index in [4.69, 9.17) is 50.5 Å². The maximum atomic E-state index is 15.9. The van der Waals surface area contributed by atoms with Crippen LogP contribution in [0.15, 0.2) is 35.8 Å². The number of pyridine rings is 2. The number of piperazine rings is 1. The lowest BCUT2D eigenvalue weighted by molar-refractivity contribution is -0.127. The predicted octanol–water partition coefficient (Wildman–Crippen LogP) is 6.39. The molecule has 0 radical (unpaired) electrons. The molecule has 1 amide bonds. The second kappa shape index (κ2) is 12.3. The first kappa shape index (κ1) is 33.0. The van der Waals surface area contributed by atoms with Crippen molar-refractivity contribution < 1.29 is 9.18 Å². The Morgan fingerprint density at radius 1 is 1.17 bits per heavy atom. The van der Waals surface area contributed by atoms with Crippen LogP contribution < -0.4 is 21.2 Å². The summed E-state index contributed by atoms with van der Waals surface area (Å²) in [5.41, 5.74) is 8.08. The lowest BCUT2D eigenvalue weighted by Crippen LogP contribution is -2.60. The Morgan fingerprint density at radius 3 is 2.57 bits per heavy atom. The van der Waals surface area contributed by atoms with Crippen LogP contribution in [0.4, 0.5) is 21.6 Å². The first-order chi connectivity index (χ1) is 22.3. The Morgan fingerprint density at radius 2 is 1.89 bits per heavy atom. The third kappa shape index (κ3) is 5.28. The molecule has 2 N–H and O–H groups in total. The number of fused-ring (bicyclic) bond motifs is 2. The number of hydrogen-bond acceptors (Lipinski definition) is 8. The standard InChI is InChI=1S/C33H34Cl3FN8O2/c1-7-21(46)43-13-17(5)44-18(14-43)9-11-42(6)30-23-31(40-28(24(30)36)22-25(37)19(34)12-20(35)26(22)38)45(33(47)41-32(23)44)29-16(4)8-10-39-27(29)15(2)3/h7-8,10,12,15,17-18H,1,9,11,13-14,38H2,2-6H3. The van der Waals surface area contributed by atoms with Crippen LogP contribution in [-0.2, 0) is 4.79 Å². The number of benzene rings is 1. The average Bonchev–Trinajstić information content (AvgIpc) is 3.02. The number of aromatic nitrogens is 4. The number of aryl methyl sites for hydroxylation is 1. The molecule has 2 aliphatic rings. The van der Waals surface area contributed by atoms with E-state index in [-0.39, 0.29) is 61.6 Å². The lowest BCUT2D eigenvalue weighted by Gasteiger charge is -2.48. The fourth-order valence-electron chi connectivity index (χ4n) is 6.79. The van der Waals surface area contributed by atoms with Gasteiger partial charge in [0.05, 0.1) is 60.5 Å². The van der Waals surface area contributed by atoms with E-state index in [0.29, 0.717) is 54.3 Å². The van der Waals surface area contributed by atoms with Crippen LogP contribution >= 0.6 is 34.8 Å². The summed E-state index contributed by atoms with van der Waals surface area (Å²) in [5.74, 6) is -0.706. The van der Waals surface area contributed by atoms with E-state index in [0.717, 1.165) is 5.56 Å². The minimum atomic E-state index is -0.844. The summed E-state index contributed by atoms with van der Waals surface area (Å²) in [4.78, 5) is 47.2. The van der Waals surface area contributed by atoms with Crippen molar-refractivity contribution in [3.8, 4) is 16.9 Å². The minimum absolute atomic E-state index is 0.0232. The molecule has 1 fully saturated rings. The Hall–Kier alpha value is -3.93. The van der Waals surface area contributed by atoms with Gasteiger partial charge in [0.2, 0.25) is 5.91 Å². The number of rotatable bonds is 4. The molecule has 10 nitrogen and oxygen atoms in total. The normalized spacial score (nSPS) is 18.0. The summed E-state index contributed by atoms with van der Waals surface area (Å²) in [6.45, 7) is 12.8. The third-order valence-corrected chi connectivity index (χ3v) is 9.93. The van der Waals surface area contributed by atoms with Gasteiger partial charge < -0.3 is 20.4 Å². The van der Waals surface area contributed by atoms with Crippen molar-refractivity contribution in [1.82, 2.24) is 24.4 Å². The number of amides is 1.